The van der Waals surface area contributed by atoms with Crippen molar-refractivity contribution in [3.05, 3.63) is 23.8 Å². The van der Waals surface area contributed by atoms with E-state index in [2.05, 4.69) is 5.32 Å². The molecule has 17 heavy (non-hydrogen) atoms. The molecule has 0 aliphatic rings. The fourth-order valence-corrected chi connectivity index (χ4v) is 1.28. The number of carbonyl (C=O) groups is 2. The summed E-state index contributed by atoms with van der Waals surface area (Å²) >= 11 is 0. The van der Waals surface area contributed by atoms with Crippen LogP contribution >= 0.6 is 0 Å². The number of nitrogens with two attached hydrogens (primary N) is 1. The summed E-state index contributed by atoms with van der Waals surface area (Å²) in [7, 11) is 1.44. The van der Waals surface area contributed by atoms with Crippen LogP contribution in [-0.2, 0) is 4.79 Å². The van der Waals surface area contributed by atoms with E-state index in [0.29, 0.717) is 5.75 Å². The first-order valence-electron chi connectivity index (χ1n) is 4.99. The summed E-state index contributed by atoms with van der Waals surface area (Å²) in [5.41, 5.74) is 5.44. The summed E-state index contributed by atoms with van der Waals surface area (Å²) in [6, 6.07) is 4.40. The Morgan fingerprint density at radius 2 is 2.18 bits per heavy atom. The quantitative estimate of drug-likeness (QED) is 0.700. The minimum atomic E-state index is -1.13. The molecule has 1 aromatic carbocycles. The second kappa shape index (κ2) is 5.86. The van der Waals surface area contributed by atoms with Crippen LogP contribution in [0.25, 0.3) is 0 Å². The van der Waals surface area contributed by atoms with Crippen LogP contribution in [0.2, 0.25) is 0 Å². The Morgan fingerprint density at radius 1 is 1.47 bits per heavy atom. The van der Waals surface area contributed by atoms with Crippen LogP contribution in [0.3, 0.4) is 0 Å². The minimum Gasteiger partial charge on any atom is -0.497 e. The summed E-state index contributed by atoms with van der Waals surface area (Å²) in [5.74, 6) is -1.04. The third-order valence-corrected chi connectivity index (χ3v) is 2.10. The van der Waals surface area contributed by atoms with E-state index in [1.54, 1.807) is 6.07 Å². The predicted octanol–water partition coefficient (Wildman–Crippen LogP) is 0.681. The van der Waals surface area contributed by atoms with Gasteiger partial charge >= 0.3 is 5.97 Å². The molecule has 0 saturated heterocycles. The normalized spacial score (nSPS) is 9.76. The Hall–Kier alpha value is -2.08. The van der Waals surface area contributed by atoms with Crippen molar-refractivity contribution in [2.24, 2.45) is 5.73 Å². The third kappa shape index (κ3) is 3.46. The zero-order valence-electron chi connectivity index (χ0n) is 9.40. The number of hydrogen-bond acceptors (Lipinski definition) is 4. The summed E-state index contributed by atoms with van der Waals surface area (Å²) in [6.07, 6.45) is 0.144. The monoisotopic (exact) mass is 238 g/mol. The van der Waals surface area contributed by atoms with E-state index in [9.17, 15) is 9.59 Å². The molecule has 0 radical (unpaired) electrons. The summed E-state index contributed by atoms with van der Waals surface area (Å²) in [4.78, 5) is 22.3. The Labute approximate surface area is 98.4 Å². The van der Waals surface area contributed by atoms with Gasteiger partial charge in [0.2, 0.25) is 5.91 Å². The first-order chi connectivity index (χ1) is 8.08. The molecule has 0 fully saturated rings. The van der Waals surface area contributed by atoms with Gasteiger partial charge in [0.25, 0.3) is 0 Å². The van der Waals surface area contributed by atoms with E-state index in [4.69, 9.17) is 15.6 Å². The number of benzene rings is 1. The number of nitrogens with one attached hydrogen (secondary N) is 1. The lowest BCUT2D eigenvalue weighted by Gasteiger charge is -2.09. The molecule has 0 spiro atoms. The second-order valence-corrected chi connectivity index (χ2v) is 3.30. The van der Waals surface area contributed by atoms with Gasteiger partial charge < -0.3 is 20.9 Å². The molecule has 4 N–H and O–H groups in total. The standard InChI is InChI=1S/C11H14N2O4/c1-17-7-2-3-9(8(6-7)11(15)16)13-10(14)4-5-12/h2-3,6H,4-5,12H2,1H3,(H,13,14)(H,15,16). The Balaban J connectivity index is 2.98. The van der Waals surface area contributed by atoms with Crippen molar-refractivity contribution in [2.45, 2.75) is 6.42 Å². The molecule has 1 aromatic rings. The average Bonchev–Trinajstić information content (AvgIpc) is 2.29. The van der Waals surface area contributed by atoms with E-state index < -0.39 is 5.97 Å². The Bertz CT molecular complexity index is 431. The maximum atomic E-state index is 11.3. The maximum absolute atomic E-state index is 11.3. The molecule has 92 valence electrons. The SMILES string of the molecule is COc1ccc(NC(=O)CCN)c(C(=O)O)c1. The molecular weight excluding hydrogens is 224 g/mol. The highest BCUT2D eigenvalue weighted by atomic mass is 16.5. The highest BCUT2D eigenvalue weighted by molar-refractivity contribution is 6.00. The summed E-state index contributed by atoms with van der Waals surface area (Å²) < 4.78 is 4.92. The van der Waals surface area contributed by atoms with Gasteiger partial charge in [-0.3, -0.25) is 4.79 Å². The number of carbonyl (C=O) groups excluding carboxylic acids is 1. The van der Waals surface area contributed by atoms with Crippen LogP contribution in [0.4, 0.5) is 5.69 Å². The Morgan fingerprint density at radius 3 is 2.71 bits per heavy atom. The van der Waals surface area contributed by atoms with E-state index in [1.807, 2.05) is 0 Å². The number of amides is 1. The van der Waals surface area contributed by atoms with Crippen LogP contribution in [0, 0.1) is 0 Å². The molecule has 0 unspecified atom stereocenters. The first-order valence-corrected chi connectivity index (χ1v) is 4.99. The topological polar surface area (TPSA) is 102 Å². The predicted molar refractivity (Wildman–Crippen MR) is 62.3 cm³/mol. The van der Waals surface area contributed by atoms with Crippen molar-refractivity contribution >= 4 is 17.6 Å². The van der Waals surface area contributed by atoms with Gasteiger partial charge in [0.15, 0.2) is 0 Å². The number of anilines is 1. The van der Waals surface area contributed by atoms with Crippen molar-refractivity contribution in [1.82, 2.24) is 0 Å². The van der Waals surface area contributed by atoms with Crippen molar-refractivity contribution in [1.29, 1.82) is 0 Å². The molecule has 0 heterocycles. The molecule has 0 bridgehead atoms. The molecule has 0 aliphatic heterocycles. The van der Waals surface area contributed by atoms with Crippen LogP contribution in [-0.4, -0.2) is 30.6 Å². The average molecular weight is 238 g/mol. The zero-order chi connectivity index (χ0) is 12.8. The second-order valence-electron chi connectivity index (χ2n) is 3.30. The molecule has 1 rings (SSSR count). The van der Waals surface area contributed by atoms with Gasteiger partial charge in [0, 0.05) is 13.0 Å². The maximum Gasteiger partial charge on any atom is 0.337 e. The van der Waals surface area contributed by atoms with Gasteiger partial charge in [0.05, 0.1) is 18.4 Å². The molecule has 0 atom stereocenters. The first kappa shape index (κ1) is 13.0. The number of carboxylic acid groups (broad SMARTS) is 1. The van der Waals surface area contributed by atoms with Crippen LogP contribution < -0.4 is 15.8 Å². The van der Waals surface area contributed by atoms with Gasteiger partial charge in [0.1, 0.15) is 5.75 Å². The van der Waals surface area contributed by atoms with Gasteiger partial charge in [-0.1, -0.05) is 0 Å². The van der Waals surface area contributed by atoms with Crippen molar-refractivity contribution in [3.63, 3.8) is 0 Å². The fourth-order valence-electron chi connectivity index (χ4n) is 1.28. The highest BCUT2D eigenvalue weighted by Gasteiger charge is 2.13. The highest BCUT2D eigenvalue weighted by Crippen LogP contribution is 2.22. The Kier molecular flexibility index (Phi) is 4.47. The van der Waals surface area contributed by atoms with Crippen molar-refractivity contribution < 1.29 is 19.4 Å². The third-order valence-electron chi connectivity index (χ3n) is 2.10. The number of hydrogen-bond donors (Lipinski definition) is 3. The van der Waals surface area contributed by atoms with E-state index >= 15 is 0 Å². The van der Waals surface area contributed by atoms with Crippen molar-refractivity contribution in [2.75, 3.05) is 19.0 Å². The summed E-state index contributed by atoms with van der Waals surface area (Å²) in [6.45, 7) is 0.213. The van der Waals surface area contributed by atoms with Crippen molar-refractivity contribution in [3.8, 4) is 5.75 Å². The molecule has 6 heteroatoms. The molecule has 0 saturated carbocycles. The molecule has 0 aromatic heterocycles. The summed E-state index contributed by atoms with van der Waals surface area (Å²) in [5, 5.41) is 11.5. The van der Waals surface area contributed by atoms with Crippen LogP contribution in [0.5, 0.6) is 5.75 Å². The fraction of sp³-hybridized carbons (Fsp3) is 0.273. The van der Waals surface area contributed by atoms with Gasteiger partial charge in [-0.15, -0.1) is 0 Å². The molecule has 0 aliphatic carbocycles. The number of carboxylic acids is 1. The lowest BCUT2D eigenvalue weighted by molar-refractivity contribution is -0.116. The lowest BCUT2D eigenvalue weighted by Crippen LogP contribution is -2.18. The molecule has 1 amide bonds. The number of rotatable bonds is 5. The molecule has 6 nitrogen and oxygen atoms in total. The molecular formula is C11H14N2O4. The van der Waals surface area contributed by atoms with Gasteiger partial charge in [-0.05, 0) is 18.2 Å². The smallest absolute Gasteiger partial charge is 0.337 e. The van der Waals surface area contributed by atoms with E-state index in [-0.39, 0.29) is 30.1 Å². The van der Waals surface area contributed by atoms with Gasteiger partial charge in [-0.25, -0.2) is 4.79 Å². The van der Waals surface area contributed by atoms with E-state index in [0.717, 1.165) is 0 Å². The zero-order valence-corrected chi connectivity index (χ0v) is 9.40. The van der Waals surface area contributed by atoms with Gasteiger partial charge in [-0.2, -0.15) is 0 Å². The number of ether oxygens (including phenoxy) is 1. The van der Waals surface area contributed by atoms with E-state index in [1.165, 1.54) is 19.2 Å². The lowest BCUT2D eigenvalue weighted by atomic mass is 10.1. The minimum absolute atomic E-state index is 0.0188. The number of methoxy groups -OCH3 is 1. The van der Waals surface area contributed by atoms with Crippen LogP contribution in [0.15, 0.2) is 18.2 Å². The number of aromatic carboxylic acids is 1. The largest absolute Gasteiger partial charge is 0.497 e. The van der Waals surface area contributed by atoms with Crippen LogP contribution in [0.1, 0.15) is 16.8 Å².